The Labute approximate surface area is 116 Å². The van der Waals surface area contributed by atoms with Crippen molar-refractivity contribution >= 4 is 27.0 Å². The average molecular weight is 321 g/mol. The second-order valence-electron chi connectivity index (χ2n) is 4.27. The van der Waals surface area contributed by atoms with Crippen molar-refractivity contribution in [1.82, 2.24) is 9.97 Å². The first-order chi connectivity index (χ1) is 9.15. The third kappa shape index (κ3) is 2.21. The van der Waals surface area contributed by atoms with Crippen LogP contribution in [0.1, 0.15) is 16.0 Å². The first-order valence-electron chi connectivity index (χ1n) is 5.75. The lowest BCUT2D eigenvalue weighted by atomic mass is 10.0. The molecule has 0 fully saturated rings. The number of fused-ring (bicyclic) bond motifs is 1. The summed E-state index contributed by atoms with van der Waals surface area (Å²) in [5.41, 5.74) is 2.65. The molecular weight excluding hydrogens is 311 g/mol. The zero-order valence-corrected chi connectivity index (χ0v) is 11.4. The molecule has 0 amide bonds. The molecule has 19 heavy (non-hydrogen) atoms. The number of benzene rings is 2. The number of halogens is 2. The molecule has 0 saturated heterocycles. The van der Waals surface area contributed by atoms with Gasteiger partial charge in [0, 0.05) is 5.56 Å². The number of hydrogen-bond acceptors (Lipinski definition) is 1. The fraction of sp³-hybridized carbons (Fsp3) is 0.0714. The Kier molecular flexibility index (Phi) is 2.98. The molecule has 0 spiro atoms. The first-order valence-corrected chi connectivity index (χ1v) is 6.67. The highest BCUT2D eigenvalue weighted by Gasteiger charge is 2.15. The van der Waals surface area contributed by atoms with Crippen LogP contribution < -0.4 is 5.69 Å². The summed E-state index contributed by atoms with van der Waals surface area (Å²) in [7, 11) is 0. The van der Waals surface area contributed by atoms with Crippen molar-refractivity contribution in [3.8, 4) is 0 Å². The van der Waals surface area contributed by atoms with Gasteiger partial charge in [-0.3, -0.25) is 0 Å². The molecule has 1 unspecified atom stereocenters. The SMILES string of the molecule is O=c1[nH]c2ccc(C(Br)c3ccccc3F)cc2[nH]1. The summed E-state index contributed by atoms with van der Waals surface area (Å²) in [6.45, 7) is 0. The smallest absolute Gasteiger partial charge is 0.306 e. The number of imidazole rings is 1. The molecule has 1 aromatic heterocycles. The molecule has 0 radical (unpaired) electrons. The predicted octanol–water partition coefficient (Wildman–Crippen LogP) is 3.48. The first kappa shape index (κ1) is 12.2. The molecule has 1 heterocycles. The Balaban J connectivity index is 2.08. The van der Waals surface area contributed by atoms with E-state index in [1.165, 1.54) is 6.07 Å². The summed E-state index contributed by atoms with van der Waals surface area (Å²) in [5, 5.41) is 0. The number of aromatic amines is 2. The molecule has 0 saturated carbocycles. The van der Waals surface area contributed by atoms with Gasteiger partial charge in [0.25, 0.3) is 0 Å². The van der Waals surface area contributed by atoms with Gasteiger partial charge in [0.15, 0.2) is 0 Å². The maximum Gasteiger partial charge on any atom is 0.323 e. The normalized spacial score (nSPS) is 12.7. The third-order valence-corrected chi connectivity index (χ3v) is 4.03. The minimum Gasteiger partial charge on any atom is -0.306 e. The minimum atomic E-state index is -0.257. The Morgan fingerprint density at radius 1 is 1.05 bits per heavy atom. The monoisotopic (exact) mass is 320 g/mol. The Morgan fingerprint density at radius 3 is 2.58 bits per heavy atom. The second-order valence-corrected chi connectivity index (χ2v) is 5.18. The van der Waals surface area contributed by atoms with Gasteiger partial charge in [-0.05, 0) is 23.8 Å². The van der Waals surface area contributed by atoms with Crippen molar-refractivity contribution in [2.75, 3.05) is 0 Å². The molecule has 3 rings (SSSR count). The van der Waals surface area contributed by atoms with E-state index in [1.54, 1.807) is 24.3 Å². The molecule has 2 N–H and O–H groups in total. The molecule has 3 nitrogen and oxygen atoms in total. The molecule has 5 heteroatoms. The van der Waals surface area contributed by atoms with Gasteiger partial charge in [0.05, 0.1) is 15.9 Å². The van der Waals surface area contributed by atoms with Crippen LogP contribution in [0.4, 0.5) is 4.39 Å². The topological polar surface area (TPSA) is 48.6 Å². The predicted molar refractivity (Wildman–Crippen MR) is 76.1 cm³/mol. The number of alkyl halides is 1. The van der Waals surface area contributed by atoms with Gasteiger partial charge in [-0.1, -0.05) is 40.2 Å². The summed E-state index contributed by atoms with van der Waals surface area (Å²) in [5.74, 6) is -0.257. The van der Waals surface area contributed by atoms with Crippen molar-refractivity contribution in [2.45, 2.75) is 4.83 Å². The van der Waals surface area contributed by atoms with E-state index in [0.717, 1.165) is 11.1 Å². The maximum absolute atomic E-state index is 13.7. The van der Waals surface area contributed by atoms with Crippen LogP contribution >= 0.6 is 15.9 Å². The lowest BCUT2D eigenvalue weighted by molar-refractivity contribution is 0.613. The van der Waals surface area contributed by atoms with Gasteiger partial charge in [-0.15, -0.1) is 0 Å². The van der Waals surface area contributed by atoms with Crippen molar-refractivity contribution in [1.29, 1.82) is 0 Å². The van der Waals surface area contributed by atoms with E-state index >= 15 is 0 Å². The lowest BCUT2D eigenvalue weighted by Gasteiger charge is -2.11. The highest BCUT2D eigenvalue weighted by atomic mass is 79.9. The van der Waals surface area contributed by atoms with E-state index in [2.05, 4.69) is 25.9 Å². The molecule has 96 valence electrons. The van der Waals surface area contributed by atoms with E-state index in [1.807, 2.05) is 12.1 Å². The number of nitrogens with one attached hydrogen (secondary N) is 2. The summed E-state index contributed by atoms with van der Waals surface area (Å²) in [6.07, 6.45) is 0. The Bertz CT molecular complexity index is 793. The number of aromatic nitrogens is 2. The number of H-pyrrole nitrogens is 2. The molecule has 2 aromatic carbocycles. The van der Waals surface area contributed by atoms with Gasteiger partial charge < -0.3 is 9.97 Å². The molecule has 0 bridgehead atoms. The van der Waals surface area contributed by atoms with Gasteiger partial charge in [-0.2, -0.15) is 0 Å². The van der Waals surface area contributed by atoms with Crippen molar-refractivity contribution in [3.05, 3.63) is 69.9 Å². The fourth-order valence-corrected chi connectivity index (χ4v) is 2.72. The fourth-order valence-electron chi connectivity index (χ4n) is 2.07. The van der Waals surface area contributed by atoms with E-state index in [9.17, 15) is 9.18 Å². The van der Waals surface area contributed by atoms with Crippen LogP contribution in [0, 0.1) is 5.82 Å². The second kappa shape index (κ2) is 4.66. The average Bonchev–Trinajstić information content (AvgIpc) is 2.77. The zero-order chi connectivity index (χ0) is 13.4. The van der Waals surface area contributed by atoms with E-state index < -0.39 is 0 Å². The molecule has 0 aliphatic rings. The molecule has 0 aliphatic heterocycles. The van der Waals surface area contributed by atoms with E-state index in [4.69, 9.17) is 0 Å². The van der Waals surface area contributed by atoms with Crippen molar-refractivity contribution in [2.24, 2.45) is 0 Å². The van der Waals surface area contributed by atoms with Crippen LogP contribution in [0.3, 0.4) is 0 Å². The van der Waals surface area contributed by atoms with Crippen molar-refractivity contribution < 1.29 is 4.39 Å². The third-order valence-electron chi connectivity index (χ3n) is 3.01. The standard InChI is InChI=1S/C14H10BrFN2O/c15-13(9-3-1-2-4-10(9)16)8-5-6-11-12(7-8)18-14(19)17-11/h1-7,13H,(H2,17,18,19). The van der Waals surface area contributed by atoms with Crippen LogP contribution in [-0.2, 0) is 0 Å². The van der Waals surface area contributed by atoms with Crippen LogP contribution in [0.2, 0.25) is 0 Å². The highest BCUT2D eigenvalue weighted by molar-refractivity contribution is 9.09. The van der Waals surface area contributed by atoms with Crippen LogP contribution in [0.15, 0.2) is 47.3 Å². The van der Waals surface area contributed by atoms with E-state index in [-0.39, 0.29) is 16.3 Å². The zero-order valence-electron chi connectivity index (χ0n) is 9.78. The molecular formula is C14H10BrFN2O. The molecule has 0 aliphatic carbocycles. The quantitative estimate of drug-likeness (QED) is 0.698. The van der Waals surface area contributed by atoms with Crippen molar-refractivity contribution in [3.63, 3.8) is 0 Å². The summed E-state index contributed by atoms with van der Waals surface area (Å²) < 4.78 is 13.7. The molecule has 3 aromatic rings. The largest absolute Gasteiger partial charge is 0.323 e. The summed E-state index contributed by atoms with van der Waals surface area (Å²) >= 11 is 3.50. The number of hydrogen-bond donors (Lipinski definition) is 2. The van der Waals surface area contributed by atoms with E-state index in [0.29, 0.717) is 11.1 Å². The Morgan fingerprint density at radius 2 is 1.79 bits per heavy atom. The van der Waals surface area contributed by atoms with Gasteiger partial charge in [0.2, 0.25) is 0 Å². The van der Waals surface area contributed by atoms with Crippen LogP contribution in [-0.4, -0.2) is 9.97 Å². The van der Waals surface area contributed by atoms with Crippen LogP contribution in [0.5, 0.6) is 0 Å². The lowest BCUT2D eigenvalue weighted by Crippen LogP contribution is -1.99. The van der Waals surface area contributed by atoms with Gasteiger partial charge in [-0.25, -0.2) is 9.18 Å². The maximum atomic E-state index is 13.7. The van der Waals surface area contributed by atoms with Crippen LogP contribution in [0.25, 0.3) is 11.0 Å². The van der Waals surface area contributed by atoms with Gasteiger partial charge in [0.1, 0.15) is 5.82 Å². The molecule has 1 atom stereocenters. The minimum absolute atomic E-state index is 0.246. The summed E-state index contributed by atoms with van der Waals surface area (Å²) in [4.78, 5) is 16.3. The Hall–Kier alpha value is -1.88. The number of rotatable bonds is 2. The summed E-state index contributed by atoms with van der Waals surface area (Å²) in [6, 6.07) is 12.1. The van der Waals surface area contributed by atoms with Gasteiger partial charge >= 0.3 is 5.69 Å². The highest BCUT2D eigenvalue weighted by Crippen LogP contribution is 2.33.